The molecule has 0 bridgehead atoms. The van der Waals surface area contributed by atoms with Crippen LogP contribution in [0, 0.1) is 6.92 Å². The summed E-state index contributed by atoms with van der Waals surface area (Å²) in [5, 5.41) is 9.16. The van der Waals surface area contributed by atoms with Crippen LogP contribution in [0.15, 0.2) is 23.2 Å². The molecular formula is C9H9NO2. The lowest BCUT2D eigenvalue weighted by atomic mass is 10.1. The third-order valence-corrected chi connectivity index (χ3v) is 1.59. The van der Waals surface area contributed by atoms with E-state index in [1.807, 2.05) is 0 Å². The summed E-state index contributed by atoms with van der Waals surface area (Å²) < 4.78 is 0. The Morgan fingerprint density at radius 1 is 1.58 bits per heavy atom. The second-order valence-electron chi connectivity index (χ2n) is 2.53. The molecule has 1 rings (SSSR count). The van der Waals surface area contributed by atoms with Crippen LogP contribution < -0.4 is 0 Å². The van der Waals surface area contributed by atoms with Gasteiger partial charge in [-0.1, -0.05) is 12.1 Å². The fraction of sp³-hybridized carbons (Fsp3) is 0.222. The van der Waals surface area contributed by atoms with E-state index in [4.69, 9.17) is 5.11 Å². The first-order valence-electron chi connectivity index (χ1n) is 3.56. The van der Waals surface area contributed by atoms with Crippen molar-refractivity contribution in [1.29, 1.82) is 0 Å². The molecule has 3 heteroatoms. The van der Waals surface area contributed by atoms with Gasteiger partial charge in [-0.15, -0.1) is 0 Å². The van der Waals surface area contributed by atoms with E-state index in [1.54, 1.807) is 25.1 Å². The van der Waals surface area contributed by atoms with E-state index in [2.05, 4.69) is 4.99 Å². The van der Waals surface area contributed by atoms with Crippen molar-refractivity contribution in [1.82, 2.24) is 0 Å². The number of nitrogens with zero attached hydrogens (tertiary/aromatic N) is 1. The van der Waals surface area contributed by atoms with Crippen LogP contribution in [0.3, 0.4) is 0 Å². The van der Waals surface area contributed by atoms with Gasteiger partial charge < -0.3 is 5.11 Å². The molecule has 0 aliphatic carbocycles. The summed E-state index contributed by atoms with van der Waals surface area (Å²) in [6, 6.07) is 5.10. The highest BCUT2D eigenvalue weighted by Crippen LogP contribution is 2.17. The van der Waals surface area contributed by atoms with Crippen molar-refractivity contribution < 1.29 is 9.90 Å². The number of isocyanates is 1. The molecule has 0 spiro atoms. The standard InChI is InChI=1S/C9H9NO2/c1-7-4-8(5-10-6-11)2-3-9(7)12/h2-4,12H,5H2,1H3. The van der Waals surface area contributed by atoms with Crippen molar-refractivity contribution in [2.24, 2.45) is 4.99 Å². The molecule has 12 heavy (non-hydrogen) atoms. The largest absolute Gasteiger partial charge is 0.508 e. The molecule has 0 amide bonds. The molecule has 62 valence electrons. The minimum Gasteiger partial charge on any atom is -0.508 e. The number of aliphatic imine (C=N–C) groups is 1. The van der Waals surface area contributed by atoms with E-state index in [0.29, 0.717) is 6.54 Å². The molecule has 0 heterocycles. The van der Waals surface area contributed by atoms with Gasteiger partial charge in [-0.25, -0.2) is 9.79 Å². The van der Waals surface area contributed by atoms with E-state index in [9.17, 15) is 4.79 Å². The third kappa shape index (κ3) is 1.94. The molecule has 1 aromatic carbocycles. The lowest BCUT2D eigenvalue weighted by molar-refractivity contribution is 0.471. The molecule has 0 atom stereocenters. The highest BCUT2D eigenvalue weighted by atomic mass is 16.3. The Balaban J connectivity index is 2.89. The SMILES string of the molecule is Cc1cc(CN=C=O)ccc1O. The third-order valence-electron chi connectivity index (χ3n) is 1.59. The zero-order chi connectivity index (χ0) is 8.97. The highest BCUT2D eigenvalue weighted by Gasteiger charge is 1.96. The first-order valence-corrected chi connectivity index (χ1v) is 3.56. The van der Waals surface area contributed by atoms with Gasteiger partial charge >= 0.3 is 0 Å². The van der Waals surface area contributed by atoms with Gasteiger partial charge in [0.2, 0.25) is 6.08 Å². The van der Waals surface area contributed by atoms with Gasteiger partial charge in [0.25, 0.3) is 0 Å². The molecular weight excluding hydrogens is 154 g/mol. The normalized spacial score (nSPS) is 9.08. The smallest absolute Gasteiger partial charge is 0.235 e. The average Bonchev–Trinajstić information content (AvgIpc) is 2.07. The summed E-state index contributed by atoms with van der Waals surface area (Å²) in [6.07, 6.45) is 1.46. The number of hydrogen-bond acceptors (Lipinski definition) is 3. The number of phenolic OH excluding ortho intramolecular Hbond substituents is 1. The fourth-order valence-electron chi connectivity index (χ4n) is 0.939. The lowest BCUT2D eigenvalue weighted by Gasteiger charge is -1.99. The lowest BCUT2D eigenvalue weighted by Crippen LogP contribution is -1.82. The number of hydrogen-bond donors (Lipinski definition) is 1. The van der Waals surface area contributed by atoms with Gasteiger partial charge in [-0.05, 0) is 24.1 Å². The monoisotopic (exact) mass is 163 g/mol. The topological polar surface area (TPSA) is 49.7 Å². The highest BCUT2D eigenvalue weighted by molar-refractivity contribution is 5.37. The Bertz CT molecular complexity index is 327. The second kappa shape index (κ2) is 3.69. The predicted octanol–water partition coefficient (Wildman–Crippen LogP) is 1.54. The zero-order valence-electron chi connectivity index (χ0n) is 6.74. The van der Waals surface area contributed by atoms with E-state index < -0.39 is 0 Å². The van der Waals surface area contributed by atoms with Crippen LogP contribution in [0.2, 0.25) is 0 Å². The van der Waals surface area contributed by atoms with Crippen molar-refractivity contribution in [2.75, 3.05) is 0 Å². The van der Waals surface area contributed by atoms with Crippen molar-refractivity contribution in [3.63, 3.8) is 0 Å². The Labute approximate surface area is 70.4 Å². The van der Waals surface area contributed by atoms with Crippen LogP contribution in [0.5, 0.6) is 5.75 Å². The van der Waals surface area contributed by atoms with Gasteiger partial charge in [-0.3, -0.25) is 0 Å². The summed E-state index contributed by atoms with van der Waals surface area (Å²) in [7, 11) is 0. The van der Waals surface area contributed by atoms with E-state index in [0.717, 1.165) is 11.1 Å². The molecule has 0 aromatic heterocycles. The molecule has 0 aliphatic rings. The quantitative estimate of drug-likeness (QED) is 0.531. The first kappa shape index (κ1) is 8.50. The van der Waals surface area contributed by atoms with Crippen LogP contribution in [-0.4, -0.2) is 11.2 Å². The number of carbonyl (C=O) groups excluding carboxylic acids is 1. The summed E-state index contributed by atoms with van der Waals surface area (Å²) in [5.74, 6) is 0.258. The van der Waals surface area contributed by atoms with E-state index in [1.165, 1.54) is 6.08 Å². The van der Waals surface area contributed by atoms with Crippen LogP contribution in [0.25, 0.3) is 0 Å². The molecule has 0 unspecified atom stereocenters. The summed E-state index contributed by atoms with van der Waals surface area (Å²) in [4.78, 5) is 13.2. The minimum atomic E-state index is 0.258. The maximum Gasteiger partial charge on any atom is 0.235 e. The van der Waals surface area contributed by atoms with Crippen LogP contribution in [0.1, 0.15) is 11.1 Å². The van der Waals surface area contributed by atoms with Crippen LogP contribution in [0.4, 0.5) is 0 Å². The minimum absolute atomic E-state index is 0.258. The van der Waals surface area contributed by atoms with Gasteiger partial charge in [0, 0.05) is 0 Å². The summed E-state index contributed by atoms with van der Waals surface area (Å²) in [5.41, 5.74) is 1.68. The van der Waals surface area contributed by atoms with Gasteiger partial charge in [-0.2, -0.15) is 0 Å². The van der Waals surface area contributed by atoms with E-state index in [-0.39, 0.29) is 5.75 Å². The molecule has 0 aliphatic heterocycles. The first-order chi connectivity index (χ1) is 5.74. The van der Waals surface area contributed by atoms with Gasteiger partial charge in [0.05, 0.1) is 6.54 Å². The van der Waals surface area contributed by atoms with Crippen molar-refractivity contribution in [3.05, 3.63) is 29.3 Å². The van der Waals surface area contributed by atoms with Crippen molar-refractivity contribution in [3.8, 4) is 5.75 Å². The molecule has 1 aromatic rings. The van der Waals surface area contributed by atoms with Crippen LogP contribution in [-0.2, 0) is 11.3 Å². The average molecular weight is 163 g/mol. The Hall–Kier alpha value is -1.60. The number of benzene rings is 1. The fourth-order valence-corrected chi connectivity index (χ4v) is 0.939. The summed E-state index contributed by atoms with van der Waals surface area (Å²) >= 11 is 0. The second-order valence-corrected chi connectivity index (χ2v) is 2.53. The Morgan fingerprint density at radius 2 is 2.33 bits per heavy atom. The maximum atomic E-state index is 9.79. The molecule has 3 nitrogen and oxygen atoms in total. The molecule has 0 saturated heterocycles. The van der Waals surface area contributed by atoms with Crippen molar-refractivity contribution >= 4 is 6.08 Å². The number of rotatable bonds is 2. The zero-order valence-corrected chi connectivity index (χ0v) is 6.74. The Kier molecular flexibility index (Phi) is 2.62. The van der Waals surface area contributed by atoms with Crippen LogP contribution >= 0.6 is 0 Å². The molecule has 0 saturated carbocycles. The number of aromatic hydroxyl groups is 1. The molecule has 1 N–H and O–H groups in total. The summed E-state index contributed by atoms with van der Waals surface area (Å²) in [6.45, 7) is 2.12. The maximum absolute atomic E-state index is 9.79. The number of aryl methyl sites for hydroxylation is 1. The number of phenols is 1. The Morgan fingerprint density at radius 3 is 2.92 bits per heavy atom. The molecule has 0 fully saturated rings. The molecule has 0 radical (unpaired) electrons. The van der Waals surface area contributed by atoms with Gasteiger partial charge in [0.15, 0.2) is 0 Å². The predicted molar refractivity (Wildman–Crippen MR) is 44.7 cm³/mol. The van der Waals surface area contributed by atoms with Crippen molar-refractivity contribution in [2.45, 2.75) is 13.5 Å². The van der Waals surface area contributed by atoms with E-state index >= 15 is 0 Å². The van der Waals surface area contributed by atoms with Gasteiger partial charge in [0.1, 0.15) is 5.75 Å².